The van der Waals surface area contributed by atoms with Crippen LogP contribution >= 0.6 is 11.8 Å². The maximum atomic E-state index is 11.4. The molecule has 2 aromatic carbocycles. The Balaban J connectivity index is 1.41. The van der Waals surface area contributed by atoms with Gasteiger partial charge in [0.15, 0.2) is 0 Å². The number of imidazole rings is 1. The number of nitrogens with zero attached hydrogens (tertiary/aromatic N) is 2. The van der Waals surface area contributed by atoms with Gasteiger partial charge in [-0.05, 0) is 54.8 Å². The molecule has 0 radical (unpaired) electrons. The molecule has 3 aromatic rings. The SMILES string of the molecule is NC(=O)C1CCOC(c2ccc(Sc3ccc(-n4ccnc4)cc3)cc2)C1. The molecule has 138 valence electrons. The topological polar surface area (TPSA) is 70.1 Å². The second kappa shape index (κ2) is 7.98. The first-order valence-corrected chi connectivity index (χ1v) is 9.78. The van der Waals surface area contributed by atoms with E-state index in [1.807, 2.05) is 10.8 Å². The molecule has 1 aliphatic heterocycles. The number of benzene rings is 2. The summed E-state index contributed by atoms with van der Waals surface area (Å²) in [5.41, 5.74) is 7.64. The Kier molecular flexibility index (Phi) is 5.27. The highest BCUT2D eigenvalue weighted by atomic mass is 32.2. The number of amides is 1. The van der Waals surface area contributed by atoms with E-state index in [0.29, 0.717) is 13.0 Å². The molecule has 1 aliphatic rings. The van der Waals surface area contributed by atoms with Crippen LogP contribution in [0, 0.1) is 5.92 Å². The van der Waals surface area contributed by atoms with Crippen LogP contribution in [0.1, 0.15) is 24.5 Å². The predicted octanol–water partition coefficient (Wildman–Crippen LogP) is 3.98. The lowest BCUT2D eigenvalue weighted by Crippen LogP contribution is -2.30. The third-order valence-corrected chi connectivity index (χ3v) is 5.83. The molecule has 5 nitrogen and oxygen atoms in total. The Morgan fingerprint density at radius 1 is 1.11 bits per heavy atom. The van der Waals surface area contributed by atoms with Crippen molar-refractivity contribution >= 4 is 17.7 Å². The van der Waals surface area contributed by atoms with E-state index in [1.165, 1.54) is 4.90 Å². The second-order valence-electron chi connectivity index (χ2n) is 6.62. The Morgan fingerprint density at radius 3 is 2.44 bits per heavy atom. The fraction of sp³-hybridized carbons (Fsp3) is 0.238. The fourth-order valence-electron chi connectivity index (χ4n) is 3.27. The summed E-state index contributed by atoms with van der Waals surface area (Å²) in [5.74, 6) is -0.318. The van der Waals surface area contributed by atoms with E-state index in [0.717, 1.165) is 22.6 Å². The minimum atomic E-state index is -0.227. The fourth-order valence-corrected chi connectivity index (χ4v) is 4.09. The van der Waals surface area contributed by atoms with Gasteiger partial charge in [0, 0.05) is 40.4 Å². The van der Waals surface area contributed by atoms with Crippen molar-refractivity contribution < 1.29 is 9.53 Å². The minimum Gasteiger partial charge on any atom is -0.373 e. The molecule has 0 saturated carbocycles. The molecule has 6 heteroatoms. The minimum absolute atomic E-state index is 0.0511. The van der Waals surface area contributed by atoms with Crippen LogP contribution in [0.2, 0.25) is 0 Å². The summed E-state index contributed by atoms with van der Waals surface area (Å²) in [6, 6.07) is 16.7. The summed E-state index contributed by atoms with van der Waals surface area (Å²) >= 11 is 1.71. The van der Waals surface area contributed by atoms with Crippen molar-refractivity contribution in [2.45, 2.75) is 28.7 Å². The molecule has 1 amide bonds. The van der Waals surface area contributed by atoms with Crippen molar-refractivity contribution in [1.82, 2.24) is 9.55 Å². The summed E-state index contributed by atoms with van der Waals surface area (Å²) in [5, 5.41) is 0. The van der Waals surface area contributed by atoms with E-state index in [-0.39, 0.29) is 17.9 Å². The lowest BCUT2D eigenvalue weighted by atomic mass is 9.91. The van der Waals surface area contributed by atoms with Crippen molar-refractivity contribution in [2.75, 3.05) is 6.61 Å². The van der Waals surface area contributed by atoms with Crippen LogP contribution in [0.25, 0.3) is 5.69 Å². The number of aromatic nitrogens is 2. The highest BCUT2D eigenvalue weighted by molar-refractivity contribution is 7.99. The van der Waals surface area contributed by atoms with Gasteiger partial charge in [0.05, 0.1) is 12.4 Å². The highest BCUT2D eigenvalue weighted by Crippen LogP contribution is 2.34. The van der Waals surface area contributed by atoms with Gasteiger partial charge in [-0.3, -0.25) is 4.79 Å². The molecule has 1 fully saturated rings. The van der Waals surface area contributed by atoms with Crippen molar-refractivity contribution in [1.29, 1.82) is 0 Å². The monoisotopic (exact) mass is 379 g/mol. The lowest BCUT2D eigenvalue weighted by molar-refractivity contribution is -0.126. The average Bonchev–Trinajstić information content (AvgIpc) is 3.24. The van der Waals surface area contributed by atoms with E-state index in [1.54, 1.807) is 24.3 Å². The van der Waals surface area contributed by atoms with Gasteiger partial charge >= 0.3 is 0 Å². The quantitative estimate of drug-likeness (QED) is 0.728. The summed E-state index contributed by atoms with van der Waals surface area (Å²) in [7, 11) is 0. The van der Waals surface area contributed by atoms with Crippen LogP contribution in [0.3, 0.4) is 0 Å². The molecule has 2 atom stereocenters. The molecule has 2 unspecified atom stereocenters. The number of carbonyl (C=O) groups is 1. The molecule has 4 rings (SSSR count). The maximum Gasteiger partial charge on any atom is 0.220 e. The average molecular weight is 379 g/mol. The summed E-state index contributed by atoms with van der Waals surface area (Å²) in [4.78, 5) is 17.9. The van der Waals surface area contributed by atoms with Crippen molar-refractivity contribution in [3.05, 3.63) is 72.8 Å². The number of hydrogen-bond acceptors (Lipinski definition) is 4. The Bertz CT molecular complexity index is 892. The summed E-state index contributed by atoms with van der Waals surface area (Å²) in [6.45, 7) is 0.581. The number of rotatable bonds is 5. The largest absolute Gasteiger partial charge is 0.373 e. The van der Waals surface area contributed by atoms with Gasteiger partial charge in [0.1, 0.15) is 0 Å². The standard InChI is InChI=1S/C21H21N3O2S/c22-21(25)16-9-12-26-20(13-16)15-1-5-18(6-2-15)27-19-7-3-17(4-8-19)24-11-10-23-14-24/h1-8,10-11,14,16,20H,9,12-13H2,(H2,22,25). The van der Waals surface area contributed by atoms with Crippen LogP contribution in [0.4, 0.5) is 0 Å². The van der Waals surface area contributed by atoms with Crippen molar-refractivity contribution in [2.24, 2.45) is 11.7 Å². The van der Waals surface area contributed by atoms with Crippen LogP contribution in [0.15, 0.2) is 77.0 Å². The molecule has 1 aromatic heterocycles. The van der Waals surface area contributed by atoms with Crippen LogP contribution in [-0.2, 0) is 9.53 Å². The molecule has 0 spiro atoms. The Labute approximate surface area is 162 Å². The van der Waals surface area contributed by atoms with Crippen LogP contribution in [-0.4, -0.2) is 22.1 Å². The highest BCUT2D eigenvalue weighted by Gasteiger charge is 2.27. The first-order valence-electron chi connectivity index (χ1n) is 8.96. The van der Waals surface area contributed by atoms with Gasteiger partial charge < -0.3 is 15.0 Å². The summed E-state index contributed by atoms with van der Waals surface area (Å²) in [6.07, 6.45) is 6.82. The smallest absolute Gasteiger partial charge is 0.220 e. The van der Waals surface area contributed by atoms with Gasteiger partial charge in [-0.15, -0.1) is 0 Å². The van der Waals surface area contributed by atoms with Gasteiger partial charge in [-0.2, -0.15) is 0 Å². The zero-order valence-corrected chi connectivity index (χ0v) is 15.6. The first kappa shape index (κ1) is 17.8. The van der Waals surface area contributed by atoms with E-state index < -0.39 is 0 Å². The van der Waals surface area contributed by atoms with Crippen LogP contribution in [0.5, 0.6) is 0 Å². The van der Waals surface area contributed by atoms with Gasteiger partial charge in [-0.1, -0.05) is 23.9 Å². The number of primary amides is 1. The van der Waals surface area contributed by atoms with Gasteiger partial charge in [0.25, 0.3) is 0 Å². The van der Waals surface area contributed by atoms with Crippen molar-refractivity contribution in [3.63, 3.8) is 0 Å². The van der Waals surface area contributed by atoms with Crippen molar-refractivity contribution in [3.8, 4) is 5.69 Å². The third kappa shape index (κ3) is 4.23. The lowest BCUT2D eigenvalue weighted by Gasteiger charge is -2.28. The summed E-state index contributed by atoms with van der Waals surface area (Å²) < 4.78 is 7.81. The number of nitrogens with two attached hydrogens (primary N) is 1. The van der Waals surface area contributed by atoms with E-state index >= 15 is 0 Å². The molecule has 1 saturated heterocycles. The number of carbonyl (C=O) groups excluding carboxylic acids is 1. The molecular weight excluding hydrogens is 358 g/mol. The Morgan fingerprint density at radius 2 is 1.81 bits per heavy atom. The maximum absolute atomic E-state index is 11.4. The van der Waals surface area contributed by atoms with Gasteiger partial charge in [0.2, 0.25) is 5.91 Å². The zero-order valence-electron chi connectivity index (χ0n) is 14.8. The van der Waals surface area contributed by atoms with E-state index in [2.05, 4.69) is 53.5 Å². The first-order chi connectivity index (χ1) is 13.2. The molecular formula is C21H21N3O2S. The molecule has 27 heavy (non-hydrogen) atoms. The normalized spacial score (nSPS) is 19.7. The third-order valence-electron chi connectivity index (χ3n) is 4.81. The molecule has 0 bridgehead atoms. The van der Waals surface area contributed by atoms with E-state index in [9.17, 15) is 4.79 Å². The molecule has 2 N–H and O–H groups in total. The number of ether oxygens (including phenoxy) is 1. The van der Waals surface area contributed by atoms with E-state index in [4.69, 9.17) is 10.5 Å². The Hall–Kier alpha value is -2.57. The van der Waals surface area contributed by atoms with Gasteiger partial charge in [-0.25, -0.2) is 4.98 Å². The molecule has 0 aliphatic carbocycles. The number of hydrogen-bond donors (Lipinski definition) is 1. The second-order valence-corrected chi connectivity index (χ2v) is 7.76. The molecule has 2 heterocycles. The predicted molar refractivity (Wildman–Crippen MR) is 105 cm³/mol. The zero-order chi connectivity index (χ0) is 18.6. The van der Waals surface area contributed by atoms with Crippen LogP contribution < -0.4 is 5.73 Å².